The van der Waals surface area contributed by atoms with Gasteiger partial charge in [-0.05, 0) is 0 Å². The van der Waals surface area contributed by atoms with Crippen LogP contribution in [0.1, 0.15) is 94.2 Å². The van der Waals surface area contributed by atoms with Crippen LogP contribution in [0.2, 0.25) is 0 Å². The van der Waals surface area contributed by atoms with Gasteiger partial charge in [0.2, 0.25) is 0 Å². The van der Waals surface area contributed by atoms with Crippen molar-refractivity contribution in [2.75, 3.05) is 0 Å². The molecule has 0 saturated heterocycles. The molecule has 0 aliphatic carbocycles. The van der Waals surface area contributed by atoms with Crippen molar-refractivity contribution in [2.45, 2.75) is 80.1 Å². The fourth-order valence-corrected chi connectivity index (χ4v) is 3.48. The summed E-state index contributed by atoms with van der Waals surface area (Å²) in [5.41, 5.74) is 9.29. The molecule has 0 amide bonds. The fourth-order valence-electron chi connectivity index (χ4n) is 3.48. The topological polar surface area (TPSA) is 0 Å². The Morgan fingerprint density at radius 3 is 0.792 bits per heavy atom. The predicted octanol–water partition coefficient (Wildman–Crippen LogP) is 6.25. The van der Waals surface area contributed by atoms with Gasteiger partial charge in [-0.25, -0.2) is 0 Å². The first kappa shape index (κ1) is 30.9. The maximum absolute atomic E-state index is 2.44. The smallest absolute Gasteiger partial charge is 0 e. The van der Waals surface area contributed by atoms with Gasteiger partial charge in [-0.2, -0.15) is 52.6 Å². The molecule has 0 N–H and O–H groups in total. The third-order valence-electron chi connectivity index (χ3n) is 4.24. The van der Waals surface area contributed by atoms with Crippen molar-refractivity contribution >= 4 is 0 Å². The second-order valence-corrected chi connectivity index (χ2v) is 5.57. The van der Waals surface area contributed by atoms with Gasteiger partial charge in [-0.3, -0.25) is 0 Å². The minimum absolute atomic E-state index is 0. The van der Waals surface area contributed by atoms with E-state index >= 15 is 0 Å². The van der Waals surface area contributed by atoms with Crippen LogP contribution >= 0.6 is 0 Å². The first-order chi connectivity index (χ1) is 10.2. The van der Waals surface area contributed by atoms with E-state index in [1.165, 1.54) is 16.7 Å². The molecule has 129 valence electrons. The van der Waals surface area contributed by atoms with Gasteiger partial charge in [0, 0.05) is 98.1 Å². The SMILES string of the molecule is CC[CH-]c1c(CC)c([CH-]CC)c(CC)c([CH-]CC)c1CC.[Y].[Y].[Y]. The van der Waals surface area contributed by atoms with Crippen LogP contribution in [0.4, 0.5) is 0 Å². The Morgan fingerprint density at radius 2 is 0.667 bits per heavy atom. The first-order valence-electron chi connectivity index (χ1n) is 8.89. The predicted molar refractivity (Wildman–Crippen MR) is 95.7 cm³/mol. The molecule has 1 aromatic rings. The molecule has 0 aliphatic rings. The van der Waals surface area contributed by atoms with Gasteiger partial charge < -0.3 is 0 Å². The summed E-state index contributed by atoms with van der Waals surface area (Å²) in [6.45, 7) is 13.7. The Kier molecular flexibility index (Phi) is 22.2. The molecular formula is C21H33Y3-3. The van der Waals surface area contributed by atoms with Gasteiger partial charge in [0.25, 0.3) is 0 Å². The second-order valence-electron chi connectivity index (χ2n) is 5.57. The standard InChI is InChI=1S/C21H33.3Y/c1-7-13-19-16(10-4)20(14-8-2)18(12-6)21(15-9-3)17(19)11-5;;;/h13-15H,7-12H2,1-6H3;;;/q-3;;;. The molecule has 0 unspecified atom stereocenters. The summed E-state index contributed by atoms with van der Waals surface area (Å²) in [6, 6.07) is 0. The van der Waals surface area contributed by atoms with E-state index < -0.39 is 0 Å². The number of benzene rings is 1. The zero-order chi connectivity index (χ0) is 15.8. The molecule has 1 aromatic carbocycles. The number of hydrogen-bond donors (Lipinski definition) is 0. The number of rotatable bonds is 9. The van der Waals surface area contributed by atoms with E-state index in [0.717, 1.165) is 38.5 Å². The molecule has 24 heavy (non-hydrogen) atoms. The van der Waals surface area contributed by atoms with Crippen molar-refractivity contribution < 1.29 is 98.1 Å². The summed E-state index contributed by atoms with van der Waals surface area (Å²) in [7, 11) is 0. The van der Waals surface area contributed by atoms with E-state index in [9.17, 15) is 0 Å². The average Bonchev–Trinajstić information content (AvgIpc) is 2.49. The first-order valence-corrected chi connectivity index (χ1v) is 8.89. The molecular weight excluding hydrogens is 519 g/mol. The van der Waals surface area contributed by atoms with Crippen LogP contribution in [0.15, 0.2) is 0 Å². The minimum atomic E-state index is 0. The second kappa shape index (κ2) is 17.3. The van der Waals surface area contributed by atoms with Crippen LogP contribution in [0.3, 0.4) is 0 Å². The van der Waals surface area contributed by atoms with Gasteiger partial charge in [-0.15, -0.1) is 0 Å². The quantitative estimate of drug-likeness (QED) is 0.318. The normalized spacial score (nSPS) is 9.25. The van der Waals surface area contributed by atoms with Gasteiger partial charge in [0.1, 0.15) is 0 Å². The Balaban J connectivity index is -0.00000147. The molecule has 0 nitrogen and oxygen atoms in total. The molecule has 0 heterocycles. The van der Waals surface area contributed by atoms with E-state index in [0.29, 0.717) is 0 Å². The van der Waals surface area contributed by atoms with E-state index in [2.05, 4.69) is 60.8 Å². The van der Waals surface area contributed by atoms with E-state index in [1.54, 1.807) is 16.7 Å². The Morgan fingerprint density at radius 1 is 0.458 bits per heavy atom. The average molecular weight is 552 g/mol. The number of hydrogen-bond acceptors (Lipinski definition) is 0. The van der Waals surface area contributed by atoms with Gasteiger partial charge in [0.15, 0.2) is 0 Å². The van der Waals surface area contributed by atoms with E-state index in [1.807, 2.05) is 0 Å². The summed E-state index contributed by atoms with van der Waals surface area (Å²) >= 11 is 0. The molecule has 3 heteroatoms. The molecule has 0 bridgehead atoms. The maximum Gasteiger partial charge on any atom is 0 e. The van der Waals surface area contributed by atoms with Crippen molar-refractivity contribution in [3.05, 3.63) is 52.6 Å². The summed E-state index contributed by atoms with van der Waals surface area (Å²) in [5.74, 6) is 0. The molecule has 0 saturated carbocycles. The van der Waals surface area contributed by atoms with Gasteiger partial charge in [0.05, 0.1) is 0 Å². The van der Waals surface area contributed by atoms with Crippen LogP contribution in [-0.4, -0.2) is 0 Å². The molecule has 0 aromatic heterocycles. The molecule has 0 fully saturated rings. The Labute approximate surface area is 227 Å². The monoisotopic (exact) mass is 552 g/mol. The third-order valence-corrected chi connectivity index (χ3v) is 4.24. The van der Waals surface area contributed by atoms with Crippen molar-refractivity contribution in [1.29, 1.82) is 0 Å². The summed E-state index contributed by atoms with van der Waals surface area (Å²) < 4.78 is 0. The maximum atomic E-state index is 2.44. The van der Waals surface area contributed by atoms with Crippen molar-refractivity contribution in [1.82, 2.24) is 0 Å². The zero-order valence-corrected chi connectivity index (χ0v) is 25.2. The van der Waals surface area contributed by atoms with Gasteiger partial charge >= 0.3 is 0 Å². The van der Waals surface area contributed by atoms with Crippen molar-refractivity contribution in [3.8, 4) is 0 Å². The van der Waals surface area contributed by atoms with Crippen LogP contribution in [0.25, 0.3) is 0 Å². The van der Waals surface area contributed by atoms with Crippen LogP contribution in [0, 0.1) is 19.3 Å². The Bertz CT molecular complexity index is 365. The molecule has 0 spiro atoms. The summed E-state index contributed by atoms with van der Waals surface area (Å²) in [6.07, 6.45) is 14.1. The summed E-state index contributed by atoms with van der Waals surface area (Å²) in [5, 5.41) is 0. The van der Waals surface area contributed by atoms with Crippen LogP contribution in [-0.2, 0) is 117 Å². The molecule has 0 aliphatic heterocycles. The van der Waals surface area contributed by atoms with E-state index in [-0.39, 0.29) is 98.1 Å². The van der Waals surface area contributed by atoms with Gasteiger partial charge in [-0.1, -0.05) is 80.1 Å². The molecule has 1 rings (SSSR count). The van der Waals surface area contributed by atoms with Crippen molar-refractivity contribution in [3.63, 3.8) is 0 Å². The fraction of sp³-hybridized carbons (Fsp3) is 0.571. The zero-order valence-electron chi connectivity index (χ0n) is 16.7. The summed E-state index contributed by atoms with van der Waals surface area (Å²) in [4.78, 5) is 0. The largest absolute Gasteiger partial charge is 0.188 e. The van der Waals surface area contributed by atoms with Crippen LogP contribution < -0.4 is 0 Å². The van der Waals surface area contributed by atoms with Crippen LogP contribution in [0.5, 0.6) is 0 Å². The Hall–Kier alpha value is 2.14. The molecule has 0 atom stereocenters. The van der Waals surface area contributed by atoms with E-state index in [4.69, 9.17) is 0 Å². The third kappa shape index (κ3) is 7.64. The molecule has 3 radical (unpaired) electrons. The minimum Gasteiger partial charge on any atom is -0.188 e. The van der Waals surface area contributed by atoms with Crippen molar-refractivity contribution in [2.24, 2.45) is 0 Å².